The second-order valence-electron chi connectivity index (χ2n) is 5.99. The number of halogens is 1. The third-order valence-electron chi connectivity index (χ3n) is 3.74. The van der Waals surface area contributed by atoms with Gasteiger partial charge in [-0.1, -0.05) is 35.4 Å². The summed E-state index contributed by atoms with van der Waals surface area (Å²) in [4.78, 5) is 26.0. The fourth-order valence-corrected chi connectivity index (χ4v) is 2.88. The van der Waals surface area contributed by atoms with Crippen molar-refractivity contribution in [1.82, 2.24) is 4.90 Å². The zero-order valence-corrected chi connectivity index (χ0v) is 15.1. The molecule has 2 rings (SSSR count). The zero-order chi connectivity index (χ0) is 17.9. The molecule has 2 amide bonds. The molecule has 5 heteroatoms. The molecular formula is C19H21ClN2O2. The molecule has 0 heterocycles. The van der Waals surface area contributed by atoms with E-state index in [4.69, 9.17) is 11.6 Å². The molecule has 2 aromatic carbocycles. The highest BCUT2D eigenvalue weighted by atomic mass is 35.5. The summed E-state index contributed by atoms with van der Waals surface area (Å²) >= 11 is 5.90. The van der Waals surface area contributed by atoms with E-state index in [-0.39, 0.29) is 18.4 Å². The first-order valence-corrected chi connectivity index (χ1v) is 8.04. The topological polar surface area (TPSA) is 49.4 Å². The van der Waals surface area contributed by atoms with Crippen LogP contribution < -0.4 is 5.32 Å². The molecule has 0 bridgehead atoms. The number of amides is 2. The maximum atomic E-state index is 12.4. The summed E-state index contributed by atoms with van der Waals surface area (Å²) in [5, 5.41) is 3.39. The van der Waals surface area contributed by atoms with Crippen molar-refractivity contribution in [2.75, 3.05) is 18.9 Å². The van der Waals surface area contributed by atoms with Gasteiger partial charge in [0.05, 0.1) is 6.54 Å². The van der Waals surface area contributed by atoms with Gasteiger partial charge in [0.15, 0.2) is 0 Å². The molecule has 0 saturated heterocycles. The van der Waals surface area contributed by atoms with E-state index in [1.54, 1.807) is 31.3 Å². The number of aryl methyl sites for hydroxylation is 3. The maximum absolute atomic E-state index is 12.4. The summed E-state index contributed by atoms with van der Waals surface area (Å²) in [6, 6.07) is 10.7. The van der Waals surface area contributed by atoms with E-state index in [0.717, 1.165) is 22.4 Å². The molecule has 0 radical (unpaired) electrons. The first kappa shape index (κ1) is 18.0. The molecule has 0 aromatic heterocycles. The van der Waals surface area contributed by atoms with Gasteiger partial charge in [0, 0.05) is 23.3 Å². The third kappa shape index (κ3) is 4.36. The Balaban J connectivity index is 2.06. The van der Waals surface area contributed by atoms with Crippen molar-refractivity contribution >= 4 is 29.1 Å². The lowest BCUT2D eigenvalue weighted by molar-refractivity contribution is -0.116. The second kappa shape index (κ2) is 7.49. The van der Waals surface area contributed by atoms with Crippen LogP contribution in [-0.4, -0.2) is 30.3 Å². The largest absolute Gasteiger partial charge is 0.332 e. The van der Waals surface area contributed by atoms with Gasteiger partial charge in [-0.3, -0.25) is 9.59 Å². The molecule has 0 unspecified atom stereocenters. The average Bonchev–Trinajstić information content (AvgIpc) is 2.50. The van der Waals surface area contributed by atoms with Crippen molar-refractivity contribution in [2.24, 2.45) is 0 Å². The summed E-state index contributed by atoms with van der Waals surface area (Å²) < 4.78 is 0. The molecule has 1 N–H and O–H groups in total. The monoisotopic (exact) mass is 344 g/mol. The lowest BCUT2D eigenvalue weighted by Crippen LogP contribution is -2.35. The summed E-state index contributed by atoms with van der Waals surface area (Å²) in [6.07, 6.45) is 0. The molecule has 0 aliphatic heterocycles. The van der Waals surface area contributed by atoms with Crippen LogP contribution in [-0.2, 0) is 4.79 Å². The lowest BCUT2D eigenvalue weighted by atomic mass is 10.1. The van der Waals surface area contributed by atoms with E-state index in [1.807, 2.05) is 32.9 Å². The van der Waals surface area contributed by atoms with Crippen LogP contribution in [0.3, 0.4) is 0 Å². The van der Waals surface area contributed by atoms with E-state index in [9.17, 15) is 9.59 Å². The van der Waals surface area contributed by atoms with Crippen LogP contribution >= 0.6 is 11.6 Å². The van der Waals surface area contributed by atoms with Gasteiger partial charge in [0.2, 0.25) is 5.91 Å². The second-order valence-corrected chi connectivity index (χ2v) is 6.43. The summed E-state index contributed by atoms with van der Waals surface area (Å²) in [7, 11) is 1.59. The minimum absolute atomic E-state index is 0.0297. The van der Waals surface area contributed by atoms with Gasteiger partial charge in [-0.2, -0.15) is 0 Å². The molecule has 0 atom stereocenters. The molecule has 0 aliphatic carbocycles. The Morgan fingerprint density at radius 1 is 1.08 bits per heavy atom. The van der Waals surface area contributed by atoms with Crippen LogP contribution in [0.2, 0.25) is 5.02 Å². The molecule has 0 fully saturated rings. The molecular weight excluding hydrogens is 324 g/mol. The Morgan fingerprint density at radius 2 is 1.71 bits per heavy atom. The summed E-state index contributed by atoms with van der Waals surface area (Å²) in [5.74, 6) is -0.479. The number of likely N-dealkylation sites (N-methyl/N-ethyl adjacent to an activating group) is 1. The SMILES string of the molecule is Cc1cc(C)c(NC(=O)CN(C)C(=O)c2cccc(Cl)c2)c(C)c1. The smallest absolute Gasteiger partial charge is 0.254 e. The van der Waals surface area contributed by atoms with Gasteiger partial charge >= 0.3 is 0 Å². The van der Waals surface area contributed by atoms with Crippen LogP contribution in [0.1, 0.15) is 27.0 Å². The number of benzene rings is 2. The predicted molar refractivity (Wildman–Crippen MR) is 97.7 cm³/mol. The van der Waals surface area contributed by atoms with E-state index in [0.29, 0.717) is 10.6 Å². The Hall–Kier alpha value is -2.33. The third-order valence-corrected chi connectivity index (χ3v) is 3.98. The molecule has 24 heavy (non-hydrogen) atoms. The van der Waals surface area contributed by atoms with Crippen molar-refractivity contribution in [3.63, 3.8) is 0 Å². The zero-order valence-electron chi connectivity index (χ0n) is 14.3. The minimum atomic E-state index is -0.245. The van der Waals surface area contributed by atoms with Gasteiger partial charge in [0.1, 0.15) is 0 Å². The molecule has 2 aromatic rings. The number of carbonyl (C=O) groups excluding carboxylic acids is 2. The van der Waals surface area contributed by atoms with E-state index in [2.05, 4.69) is 5.32 Å². The molecule has 0 aliphatic rings. The van der Waals surface area contributed by atoms with Crippen LogP contribution in [0.5, 0.6) is 0 Å². The highest BCUT2D eigenvalue weighted by Gasteiger charge is 2.16. The first-order valence-electron chi connectivity index (χ1n) is 7.66. The van der Waals surface area contributed by atoms with Gasteiger partial charge in [-0.15, -0.1) is 0 Å². The Labute approximate surface area is 147 Å². The quantitative estimate of drug-likeness (QED) is 0.912. The standard InChI is InChI=1S/C19H21ClN2O2/c1-12-8-13(2)18(14(3)9-12)21-17(23)11-22(4)19(24)15-6-5-7-16(20)10-15/h5-10H,11H2,1-4H3,(H,21,23). The van der Waals surface area contributed by atoms with E-state index < -0.39 is 0 Å². The fraction of sp³-hybridized carbons (Fsp3) is 0.263. The number of nitrogens with one attached hydrogen (secondary N) is 1. The van der Waals surface area contributed by atoms with Crippen molar-refractivity contribution in [3.05, 3.63) is 63.7 Å². The number of hydrogen-bond donors (Lipinski definition) is 1. The van der Waals surface area contributed by atoms with Crippen LogP contribution in [0.15, 0.2) is 36.4 Å². The number of rotatable bonds is 4. The lowest BCUT2D eigenvalue weighted by Gasteiger charge is -2.18. The molecule has 0 spiro atoms. The summed E-state index contributed by atoms with van der Waals surface area (Å²) in [6.45, 7) is 5.90. The van der Waals surface area contributed by atoms with Crippen molar-refractivity contribution in [3.8, 4) is 0 Å². The minimum Gasteiger partial charge on any atom is -0.332 e. The fourth-order valence-electron chi connectivity index (χ4n) is 2.69. The number of anilines is 1. The van der Waals surface area contributed by atoms with E-state index >= 15 is 0 Å². The number of carbonyl (C=O) groups is 2. The van der Waals surface area contributed by atoms with Crippen molar-refractivity contribution < 1.29 is 9.59 Å². The Bertz CT molecular complexity index is 764. The molecule has 0 saturated carbocycles. The predicted octanol–water partition coefficient (Wildman–Crippen LogP) is 3.98. The van der Waals surface area contributed by atoms with Crippen molar-refractivity contribution in [2.45, 2.75) is 20.8 Å². The summed E-state index contributed by atoms with van der Waals surface area (Å²) in [5.41, 5.74) is 4.42. The van der Waals surface area contributed by atoms with E-state index in [1.165, 1.54) is 4.90 Å². The normalized spacial score (nSPS) is 10.4. The average molecular weight is 345 g/mol. The number of hydrogen-bond acceptors (Lipinski definition) is 2. The van der Waals surface area contributed by atoms with Crippen LogP contribution in [0.4, 0.5) is 5.69 Å². The molecule has 126 valence electrons. The van der Waals surface area contributed by atoms with Crippen molar-refractivity contribution in [1.29, 1.82) is 0 Å². The van der Waals surface area contributed by atoms with Gasteiger partial charge in [0.25, 0.3) is 5.91 Å². The van der Waals surface area contributed by atoms with Crippen LogP contribution in [0.25, 0.3) is 0 Å². The highest BCUT2D eigenvalue weighted by Crippen LogP contribution is 2.22. The van der Waals surface area contributed by atoms with Gasteiger partial charge < -0.3 is 10.2 Å². The molecule has 4 nitrogen and oxygen atoms in total. The maximum Gasteiger partial charge on any atom is 0.254 e. The first-order chi connectivity index (χ1) is 11.3. The van der Waals surface area contributed by atoms with Crippen LogP contribution in [0, 0.1) is 20.8 Å². The number of nitrogens with zero attached hydrogens (tertiary/aromatic N) is 1. The highest BCUT2D eigenvalue weighted by molar-refractivity contribution is 6.31. The van der Waals surface area contributed by atoms with Gasteiger partial charge in [-0.05, 0) is 50.1 Å². The Kier molecular flexibility index (Phi) is 5.62. The Morgan fingerprint density at radius 3 is 2.29 bits per heavy atom. The van der Waals surface area contributed by atoms with Gasteiger partial charge in [-0.25, -0.2) is 0 Å².